The average Bonchev–Trinajstić information content (AvgIpc) is 2.90. The molecular formula is C14H16FN3O. The van der Waals surface area contributed by atoms with Gasteiger partial charge in [0.05, 0.1) is 0 Å². The highest BCUT2D eigenvalue weighted by molar-refractivity contribution is 5.90. The normalized spacial score (nSPS) is 11.3. The van der Waals surface area contributed by atoms with Crippen LogP contribution in [0.2, 0.25) is 0 Å². The molecule has 0 aliphatic heterocycles. The third kappa shape index (κ3) is 2.99. The predicted octanol–water partition coefficient (Wildman–Crippen LogP) is 2.26. The minimum absolute atomic E-state index is 0.254. The molecule has 0 bridgehead atoms. The lowest BCUT2D eigenvalue weighted by Crippen LogP contribution is -2.37. The molecule has 4 nitrogen and oxygen atoms in total. The summed E-state index contributed by atoms with van der Waals surface area (Å²) in [5.41, 5.74) is 0.0860. The zero-order valence-corrected chi connectivity index (χ0v) is 10.9. The number of aromatic amines is 1. The van der Waals surface area contributed by atoms with Gasteiger partial charge >= 0.3 is 0 Å². The number of halogens is 1. The second-order valence-corrected chi connectivity index (χ2v) is 4.98. The zero-order chi connectivity index (χ0) is 13.9. The molecule has 0 radical (unpaired) electrons. The van der Waals surface area contributed by atoms with Crippen LogP contribution in [0.3, 0.4) is 0 Å². The van der Waals surface area contributed by atoms with Gasteiger partial charge in [0.15, 0.2) is 5.82 Å². The van der Waals surface area contributed by atoms with Crippen molar-refractivity contribution in [3.05, 3.63) is 53.9 Å². The Bertz CT molecular complexity index is 564. The molecular weight excluding hydrogens is 245 g/mol. The molecule has 0 saturated carbocycles. The number of H-pyrrole nitrogens is 1. The third-order valence-corrected chi connectivity index (χ3v) is 3.01. The van der Waals surface area contributed by atoms with Gasteiger partial charge in [-0.25, -0.2) is 9.37 Å². The van der Waals surface area contributed by atoms with Crippen LogP contribution in [-0.4, -0.2) is 22.4 Å². The van der Waals surface area contributed by atoms with E-state index in [2.05, 4.69) is 15.3 Å². The molecule has 0 aliphatic carbocycles. The minimum Gasteiger partial charge on any atom is -0.349 e. The fraction of sp³-hybridized carbons (Fsp3) is 0.286. The summed E-state index contributed by atoms with van der Waals surface area (Å²) in [5.74, 6) is -0.307. The fourth-order valence-corrected chi connectivity index (χ4v) is 1.88. The number of nitrogens with one attached hydrogen (secondary N) is 2. The Kier molecular flexibility index (Phi) is 3.64. The van der Waals surface area contributed by atoms with Gasteiger partial charge in [0.25, 0.3) is 5.91 Å². The molecule has 0 unspecified atom stereocenters. The average molecular weight is 261 g/mol. The van der Waals surface area contributed by atoms with Crippen LogP contribution in [0.5, 0.6) is 0 Å². The van der Waals surface area contributed by atoms with E-state index in [1.54, 1.807) is 24.4 Å². The van der Waals surface area contributed by atoms with Crippen molar-refractivity contribution in [3.8, 4) is 0 Å². The lowest BCUT2D eigenvalue weighted by Gasteiger charge is -2.25. The summed E-state index contributed by atoms with van der Waals surface area (Å²) in [6, 6.07) is 6.59. The van der Waals surface area contributed by atoms with E-state index >= 15 is 0 Å². The van der Waals surface area contributed by atoms with Gasteiger partial charge in [0.2, 0.25) is 0 Å². The number of benzene rings is 1. The second kappa shape index (κ2) is 5.22. The van der Waals surface area contributed by atoms with Crippen molar-refractivity contribution in [2.24, 2.45) is 0 Å². The molecule has 0 saturated heterocycles. The van der Waals surface area contributed by atoms with E-state index in [0.717, 1.165) is 0 Å². The van der Waals surface area contributed by atoms with E-state index in [9.17, 15) is 9.18 Å². The quantitative estimate of drug-likeness (QED) is 0.887. The Morgan fingerprint density at radius 2 is 2.16 bits per heavy atom. The van der Waals surface area contributed by atoms with Gasteiger partial charge in [-0.1, -0.05) is 32.0 Å². The Morgan fingerprint density at radius 1 is 1.42 bits per heavy atom. The lowest BCUT2D eigenvalue weighted by molar-refractivity contribution is 0.0936. The molecule has 1 heterocycles. The molecule has 0 aliphatic rings. The number of rotatable bonds is 4. The molecule has 2 aromatic rings. The van der Waals surface area contributed by atoms with Gasteiger partial charge in [-0.3, -0.25) is 4.79 Å². The first-order chi connectivity index (χ1) is 9.00. The highest BCUT2D eigenvalue weighted by atomic mass is 19.1. The van der Waals surface area contributed by atoms with Crippen molar-refractivity contribution in [1.82, 2.24) is 15.3 Å². The number of carbonyl (C=O) groups excluding carboxylic acids is 1. The molecule has 2 N–H and O–H groups in total. The van der Waals surface area contributed by atoms with E-state index in [-0.39, 0.29) is 17.5 Å². The first-order valence-electron chi connectivity index (χ1n) is 6.03. The van der Waals surface area contributed by atoms with Crippen LogP contribution < -0.4 is 5.32 Å². The van der Waals surface area contributed by atoms with Gasteiger partial charge in [-0.05, 0) is 11.6 Å². The number of nitrogens with zero attached hydrogens (tertiary/aromatic N) is 1. The van der Waals surface area contributed by atoms with Gasteiger partial charge < -0.3 is 10.3 Å². The van der Waals surface area contributed by atoms with Crippen molar-refractivity contribution in [2.45, 2.75) is 19.3 Å². The Hall–Kier alpha value is -2.17. The standard InChI is InChI=1S/C14H16FN3O/c1-14(2,10-5-3-4-6-11(10)15)9-18-13(19)12-16-7-8-17-12/h3-8H,9H2,1-2H3,(H,16,17)(H,18,19). The largest absolute Gasteiger partial charge is 0.349 e. The zero-order valence-electron chi connectivity index (χ0n) is 10.9. The van der Waals surface area contributed by atoms with Gasteiger partial charge in [0.1, 0.15) is 5.82 Å². The van der Waals surface area contributed by atoms with Crippen LogP contribution in [0.1, 0.15) is 30.0 Å². The van der Waals surface area contributed by atoms with Crippen molar-refractivity contribution in [2.75, 3.05) is 6.54 Å². The van der Waals surface area contributed by atoms with Crippen LogP contribution in [0.15, 0.2) is 36.7 Å². The van der Waals surface area contributed by atoms with Crippen molar-refractivity contribution in [3.63, 3.8) is 0 Å². The summed E-state index contributed by atoms with van der Waals surface area (Å²) in [7, 11) is 0. The van der Waals surface area contributed by atoms with Crippen LogP contribution in [0.25, 0.3) is 0 Å². The lowest BCUT2D eigenvalue weighted by atomic mass is 9.84. The first kappa shape index (κ1) is 13.3. The Balaban J connectivity index is 2.06. The fourth-order valence-electron chi connectivity index (χ4n) is 1.88. The number of aromatic nitrogens is 2. The van der Waals surface area contributed by atoms with Gasteiger partial charge in [-0.2, -0.15) is 0 Å². The van der Waals surface area contributed by atoms with E-state index < -0.39 is 5.41 Å². The number of carbonyl (C=O) groups is 1. The summed E-state index contributed by atoms with van der Waals surface area (Å²) in [6.45, 7) is 4.09. The van der Waals surface area contributed by atoms with E-state index in [4.69, 9.17) is 0 Å². The molecule has 5 heteroatoms. The van der Waals surface area contributed by atoms with Crippen LogP contribution in [0.4, 0.5) is 4.39 Å². The SMILES string of the molecule is CC(C)(CNC(=O)c1ncc[nH]1)c1ccccc1F. The van der Waals surface area contributed by atoms with Crippen LogP contribution >= 0.6 is 0 Å². The summed E-state index contributed by atoms with van der Waals surface area (Å²) in [4.78, 5) is 18.4. The van der Waals surface area contributed by atoms with E-state index in [1.807, 2.05) is 13.8 Å². The first-order valence-corrected chi connectivity index (χ1v) is 6.03. The molecule has 0 fully saturated rings. The molecule has 19 heavy (non-hydrogen) atoms. The number of hydrogen-bond acceptors (Lipinski definition) is 2. The smallest absolute Gasteiger partial charge is 0.287 e. The molecule has 1 amide bonds. The molecule has 1 aromatic heterocycles. The second-order valence-electron chi connectivity index (χ2n) is 4.98. The minimum atomic E-state index is -0.492. The maximum Gasteiger partial charge on any atom is 0.287 e. The van der Waals surface area contributed by atoms with Crippen LogP contribution in [-0.2, 0) is 5.41 Å². The summed E-state index contributed by atoms with van der Waals surface area (Å²) in [6.07, 6.45) is 3.09. The van der Waals surface area contributed by atoms with Gasteiger partial charge in [-0.15, -0.1) is 0 Å². The maximum atomic E-state index is 13.8. The molecule has 1 aromatic carbocycles. The predicted molar refractivity (Wildman–Crippen MR) is 70.3 cm³/mol. The highest BCUT2D eigenvalue weighted by Crippen LogP contribution is 2.24. The Labute approximate surface area is 111 Å². The summed E-state index contributed by atoms with van der Waals surface area (Å²) in [5, 5.41) is 2.75. The van der Waals surface area contributed by atoms with Crippen molar-refractivity contribution < 1.29 is 9.18 Å². The number of hydrogen-bond donors (Lipinski definition) is 2. The summed E-state index contributed by atoms with van der Waals surface area (Å²) >= 11 is 0. The molecule has 2 rings (SSSR count). The Morgan fingerprint density at radius 3 is 2.79 bits per heavy atom. The highest BCUT2D eigenvalue weighted by Gasteiger charge is 2.25. The molecule has 0 spiro atoms. The van der Waals surface area contributed by atoms with Crippen molar-refractivity contribution in [1.29, 1.82) is 0 Å². The van der Waals surface area contributed by atoms with Gasteiger partial charge in [0, 0.05) is 24.4 Å². The topological polar surface area (TPSA) is 57.8 Å². The van der Waals surface area contributed by atoms with E-state index in [1.165, 1.54) is 12.3 Å². The number of imidazole rings is 1. The van der Waals surface area contributed by atoms with Crippen LogP contribution in [0, 0.1) is 5.82 Å². The summed E-state index contributed by atoms with van der Waals surface area (Å²) < 4.78 is 13.8. The number of amides is 1. The maximum absolute atomic E-state index is 13.8. The molecule has 100 valence electrons. The van der Waals surface area contributed by atoms with E-state index in [0.29, 0.717) is 12.1 Å². The third-order valence-electron chi connectivity index (χ3n) is 3.01. The molecule has 0 atom stereocenters. The van der Waals surface area contributed by atoms with Crippen molar-refractivity contribution >= 4 is 5.91 Å². The monoisotopic (exact) mass is 261 g/mol.